The molecule has 25 heavy (non-hydrogen) atoms. The van der Waals surface area contributed by atoms with E-state index in [9.17, 15) is 9.59 Å². The Hall–Kier alpha value is -3.48. The smallest absolute Gasteiger partial charge is 0.249 e. The van der Waals surface area contributed by atoms with Crippen molar-refractivity contribution in [1.29, 1.82) is 0 Å². The largest absolute Gasteiger partial charge is 0.324 e. The second-order valence-corrected chi connectivity index (χ2v) is 5.69. The number of anilines is 2. The van der Waals surface area contributed by atoms with Gasteiger partial charge in [0.2, 0.25) is 17.8 Å². The second-order valence-electron chi connectivity index (χ2n) is 5.69. The molecule has 7 nitrogen and oxygen atoms in total. The Morgan fingerprint density at radius 1 is 1.08 bits per heavy atom. The summed E-state index contributed by atoms with van der Waals surface area (Å²) in [6.07, 6.45) is 0.0171. The van der Waals surface area contributed by atoms with Crippen molar-refractivity contribution in [3.05, 3.63) is 60.7 Å². The van der Waals surface area contributed by atoms with E-state index in [2.05, 4.69) is 20.7 Å². The quantitative estimate of drug-likeness (QED) is 0.770. The summed E-state index contributed by atoms with van der Waals surface area (Å²) in [6, 6.07) is 17.8. The number of fused-ring (bicyclic) bond motifs is 1. The highest BCUT2D eigenvalue weighted by Gasteiger charge is 2.33. The van der Waals surface area contributed by atoms with Gasteiger partial charge in [0.15, 0.2) is 5.82 Å². The monoisotopic (exact) mass is 333 g/mol. The zero-order valence-corrected chi connectivity index (χ0v) is 13.2. The molecule has 4 rings (SSSR count). The van der Waals surface area contributed by atoms with Gasteiger partial charge in [-0.1, -0.05) is 48.5 Å². The molecule has 7 heteroatoms. The first-order valence-electron chi connectivity index (χ1n) is 7.88. The molecular formula is C18H15N5O2. The maximum absolute atomic E-state index is 12.6. The number of rotatable bonds is 3. The summed E-state index contributed by atoms with van der Waals surface area (Å²) in [6.45, 7) is 0. The number of para-hydroxylation sites is 1. The Morgan fingerprint density at radius 3 is 2.48 bits per heavy atom. The number of carbonyl (C=O) groups is 2. The van der Waals surface area contributed by atoms with Gasteiger partial charge in [0.25, 0.3) is 0 Å². The van der Waals surface area contributed by atoms with Gasteiger partial charge in [-0.15, -0.1) is 5.10 Å². The molecule has 1 aliphatic heterocycles. The average molecular weight is 333 g/mol. The number of amides is 2. The summed E-state index contributed by atoms with van der Waals surface area (Å²) in [5, 5.41) is 9.91. The lowest BCUT2D eigenvalue weighted by molar-refractivity contribution is -0.125. The van der Waals surface area contributed by atoms with E-state index in [1.54, 1.807) is 12.1 Å². The van der Waals surface area contributed by atoms with E-state index in [1.807, 2.05) is 48.5 Å². The van der Waals surface area contributed by atoms with Crippen LogP contribution in [0.5, 0.6) is 0 Å². The first-order valence-corrected chi connectivity index (χ1v) is 7.88. The topological polar surface area (TPSA) is 88.9 Å². The highest BCUT2D eigenvalue weighted by molar-refractivity contribution is 6.00. The van der Waals surface area contributed by atoms with Crippen LogP contribution in [0.25, 0.3) is 11.4 Å². The predicted octanol–water partition coefficient (Wildman–Crippen LogP) is 2.47. The third-order valence-electron chi connectivity index (χ3n) is 3.93. The molecule has 0 aliphatic carbocycles. The van der Waals surface area contributed by atoms with Crippen molar-refractivity contribution >= 4 is 23.5 Å². The van der Waals surface area contributed by atoms with Crippen LogP contribution in [0.2, 0.25) is 0 Å². The Balaban J connectivity index is 1.66. The Labute approximate surface area is 143 Å². The minimum atomic E-state index is -0.742. The van der Waals surface area contributed by atoms with Crippen LogP contribution in [-0.4, -0.2) is 26.6 Å². The van der Waals surface area contributed by atoms with Crippen molar-refractivity contribution in [2.75, 3.05) is 10.6 Å². The lowest BCUT2D eigenvalue weighted by atomic mass is 10.1. The molecule has 0 unspecified atom stereocenters. The molecule has 3 aromatic rings. The molecule has 1 atom stereocenters. The van der Waals surface area contributed by atoms with Gasteiger partial charge < -0.3 is 5.32 Å². The minimum absolute atomic E-state index is 0.0171. The number of hydrogen-bond donors (Lipinski definition) is 2. The van der Waals surface area contributed by atoms with Crippen LogP contribution < -0.4 is 10.6 Å². The first-order chi connectivity index (χ1) is 12.2. The molecule has 1 aliphatic rings. The minimum Gasteiger partial charge on any atom is -0.324 e. The van der Waals surface area contributed by atoms with Crippen LogP contribution in [0.4, 0.5) is 11.6 Å². The Morgan fingerprint density at radius 2 is 1.76 bits per heavy atom. The summed E-state index contributed by atoms with van der Waals surface area (Å²) in [7, 11) is 0. The molecule has 0 saturated heterocycles. The van der Waals surface area contributed by atoms with Crippen LogP contribution in [-0.2, 0) is 9.59 Å². The lowest BCUT2D eigenvalue weighted by Gasteiger charge is -2.22. The summed E-state index contributed by atoms with van der Waals surface area (Å²) in [5.74, 6) is 0.193. The summed E-state index contributed by atoms with van der Waals surface area (Å²) in [4.78, 5) is 29.0. The standard InChI is InChI=1S/C18H15N5O2/c24-15-11-14(17(25)19-13-9-5-2-6-10-13)23-18(20-15)21-16(22-23)12-7-3-1-4-8-12/h1-10,14H,11H2,(H,19,25)(H,20,21,22,24)/t14-/m0/s1. The van der Waals surface area contributed by atoms with Crippen LogP contribution >= 0.6 is 0 Å². The summed E-state index contributed by atoms with van der Waals surface area (Å²) < 4.78 is 1.47. The fourth-order valence-corrected chi connectivity index (χ4v) is 2.72. The van der Waals surface area contributed by atoms with Crippen molar-refractivity contribution in [3.8, 4) is 11.4 Å². The molecule has 1 aromatic heterocycles. The molecule has 0 fully saturated rings. The third kappa shape index (κ3) is 2.99. The molecule has 2 aromatic carbocycles. The van der Waals surface area contributed by atoms with Gasteiger partial charge in [0.1, 0.15) is 6.04 Å². The normalized spacial score (nSPS) is 16.0. The van der Waals surface area contributed by atoms with Crippen molar-refractivity contribution in [3.63, 3.8) is 0 Å². The zero-order valence-electron chi connectivity index (χ0n) is 13.2. The van der Waals surface area contributed by atoms with Crippen LogP contribution in [0.3, 0.4) is 0 Å². The van der Waals surface area contributed by atoms with Crippen molar-refractivity contribution in [2.45, 2.75) is 12.5 Å². The fourth-order valence-electron chi connectivity index (χ4n) is 2.72. The summed E-state index contributed by atoms with van der Waals surface area (Å²) in [5.41, 5.74) is 1.49. The van der Waals surface area contributed by atoms with E-state index in [1.165, 1.54) is 4.68 Å². The number of aromatic nitrogens is 3. The number of nitrogens with one attached hydrogen (secondary N) is 2. The fraction of sp³-hybridized carbons (Fsp3) is 0.111. The van der Waals surface area contributed by atoms with Gasteiger partial charge in [-0.2, -0.15) is 4.98 Å². The molecule has 0 bridgehead atoms. The average Bonchev–Trinajstić information content (AvgIpc) is 3.06. The van der Waals surface area contributed by atoms with E-state index >= 15 is 0 Å². The molecule has 0 radical (unpaired) electrons. The van der Waals surface area contributed by atoms with Crippen LogP contribution in [0.1, 0.15) is 12.5 Å². The van der Waals surface area contributed by atoms with E-state index in [4.69, 9.17) is 0 Å². The van der Waals surface area contributed by atoms with Crippen molar-refractivity contribution in [2.24, 2.45) is 0 Å². The van der Waals surface area contributed by atoms with E-state index in [0.717, 1.165) is 5.56 Å². The molecule has 0 saturated carbocycles. The Kier molecular flexibility index (Phi) is 3.74. The van der Waals surface area contributed by atoms with Gasteiger partial charge in [-0.3, -0.25) is 14.9 Å². The molecule has 124 valence electrons. The highest BCUT2D eigenvalue weighted by atomic mass is 16.2. The van der Waals surface area contributed by atoms with Crippen molar-refractivity contribution < 1.29 is 9.59 Å². The van der Waals surface area contributed by atoms with Crippen LogP contribution in [0.15, 0.2) is 60.7 Å². The lowest BCUT2D eigenvalue weighted by Crippen LogP contribution is -2.36. The van der Waals surface area contributed by atoms with Gasteiger partial charge in [0, 0.05) is 11.3 Å². The van der Waals surface area contributed by atoms with E-state index in [0.29, 0.717) is 11.5 Å². The third-order valence-corrected chi connectivity index (χ3v) is 3.93. The summed E-state index contributed by atoms with van der Waals surface area (Å²) >= 11 is 0. The number of hydrogen-bond acceptors (Lipinski definition) is 4. The molecular weight excluding hydrogens is 318 g/mol. The highest BCUT2D eigenvalue weighted by Crippen LogP contribution is 2.27. The first kappa shape index (κ1) is 15.1. The number of carbonyl (C=O) groups excluding carboxylic acids is 2. The second kappa shape index (κ2) is 6.20. The van der Waals surface area contributed by atoms with Gasteiger partial charge in [-0.05, 0) is 12.1 Å². The van der Waals surface area contributed by atoms with Crippen molar-refractivity contribution in [1.82, 2.24) is 14.8 Å². The zero-order chi connectivity index (χ0) is 17.2. The van der Waals surface area contributed by atoms with Gasteiger partial charge in [-0.25, -0.2) is 4.68 Å². The number of benzene rings is 2. The molecule has 2 heterocycles. The van der Waals surface area contributed by atoms with E-state index in [-0.39, 0.29) is 24.2 Å². The SMILES string of the molecule is O=C1C[C@@H](C(=O)Nc2ccccc2)n2nc(-c3ccccc3)nc2N1. The maximum Gasteiger partial charge on any atom is 0.249 e. The predicted molar refractivity (Wildman–Crippen MR) is 92.8 cm³/mol. The van der Waals surface area contributed by atoms with Crippen LogP contribution in [0, 0.1) is 0 Å². The molecule has 2 N–H and O–H groups in total. The van der Waals surface area contributed by atoms with Gasteiger partial charge >= 0.3 is 0 Å². The number of nitrogens with zero attached hydrogens (tertiary/aromatic N) is 3. The molecule has 2 amide bonds. The molecule has 0 spiro atoms. The Bertz CT molecular complexity index is 921. The maximum atomic E-state index is 12.6. The van der Waals surface area contributed by atoms with E-state index < -0.39 is 6.04 Å². The van der Waals surface area contributed by atoms with Gasteiger partial charge in [0.05, 0.1) is 6.42 Å².